The van der Waals surface area contributed by atoms with E-state index in [9.17, 15) is 9.50 Å². The lowest BCUT2D eigenvalue weighted by Gasteiger charge is -2.12. The van der Waals surface area contributed by atoms with Crippen LogP contribution in [0.2, 0.25) is 0 Å². The number of hydrogen-bond donors (Lipinski definition) is 2. The monoisotopic (exact) mass is 341 g/mol. The van der Waals surface area contributed by atoms with E-state index in [4.69, 9.17) is 4.74 Å². The van der Waals surface area contributed by atoms with Gasteiger partial charge in [-0.05, 0) is 42.0 Å². The lowest BCUT2D eigenvalue weighted by Crippen LogP contribution is -2.20. The summed E-state index contributed by atoms with van der Waals surface area (Å²) < 4.78 is 19.8. The van der Waals surface area contributed by atoms with Gasteiger partial charge in [0, 0.05) is 24.8 Å². The molecule has 1 atom stereocenters. The van der Waals surface area contributed by atoms with Crippen LogP contribution < -0.4 is 10.1 Å². The predicted octanol–water partition coefficient (Wildman–Crippen LogP) is 2.84. The minimum atomic E-state index is -0.623. The van der Waals surface area contributed by atoms with Crippen molar-refractivity contribution in [3.63, 3.8) is 0 Å². The van der Waals surface area contributed by atoms with E-state index in [1.807, 2.05) is 30.5 Å². The third kappa shape index (κ3) is 4.43. The molecule has 0 bridgehead atoms. The average Bonchev–Trinajstić information content (AvgIpc) is 3.11. The molecule has 130 valence electrons. The molecule has 1 unspecified atom stereocenters. The minimum absolute atomic E-state index is 0.274. The summed E-state index contributed by atoms with van der Waals surface area (Å²) in [6, 6.07) is 13.5. The van der Waals surface area contributed by atoms with Crippen molar-refractivity contribution in [2.45, 2.75) is 12.6 Å². The highest BCUT2D eigenvalue weighted by atomic mass is 19.1. The quantitative estimate of drug-likeness (QED) is 0.694. The number of rotatable bonds is 7. The molecule has 5 nitrogen and oxygen atoms in total. The van der Waals surface area contributed by atoms with E-state index in [1.54, 1.807) is 30.1 Å². The molecule has 3 rings (SSSR count). The van der Waals surface area contributed by atoms with E-state index >= 15 is 0 Å². The Balaban J connectivity index is 1.54. The maximum absolute atomic E-state index is 13.0. The van der Waals surface area contributed by atoms with Gasteiger partial charge in [-0.25, -0.2) is 9.07 Å². The Hall–Kier alpha value is -2.70. The number of nitrogens with one attached hydrogen (secondary N) is 1. The standard InChI is InChI=1S/C19H20FN3O2/c1-25-18-4-2-3-15(9-18)19(24)12-21-10-14-11-22-23(13-14)17-7-5-16(20)6-8-17/h2-9,11,13,19,21,24H,10,12H2,1H3. The largest absolute Gasteiger partial charge is 0.497 e. The van der Waals surface area contributed by atoms with Gasteiger partial charge in [0.1, 0.15) is 11.6 Å². The van der Waals surface area contributed by atoms with E-state index in [-0.39, 0.29) is 5.82 Å². The van der Waals surface area contributed by atoms with Gasteiger partial charge in [-0.3, -0.25) is 0 Å². The number of hydrogen-bond acceptors (Lipinski definition) is 4. The third-order valence-corrected chi connectivity index (χ3v) is 3.87. The molecule has 1 heterocycles. The van der Waals surface area contributed by atoms with Gasteiger partial charge in [-0.15, -0.1) is 0 Å². The second kappa shape index (κ2) is 7.92. The van der Waals surface area contributed by atoms with Gasteiger partial charge >= 0.3 is 0 Å². The van der Waals surface area contributed by atoms with Crippen molar-refractivity contribution >= 4 is 0 Å². The van der Waals surface area contributed by atoms with Crippen molar-refractivity contribution in [1.29, 1.82) is 0 Å². The molecule has 0 aliphatic heterocycles. The second-order valence-electron chi connectivity index (χ2n) is 5.69. The number of aromatic nitrogens is 2. The molecular weight excluding hydrogens is 321 g/mol. The number of benzene rings is 2. The van der Waals surface area contributed by atoms with Crippen LogP contribution in [0.5, 0.6) is 5.75 Å². The van der Waals surface area contributed by atoms with E-state index in [0.29, 0.717) is 13.1 Å². The molecule has 0 saturated heterocycles. The fraction of sp³-hybridized carbons (Fsp3) is 0.211. The van der Waals surface area contributed by atoms with Crippen molar-refractivity contribution in [2.75, 3.05) is 13.7 Å². The van der Waals surface area contributed by atoms with Gasteiger partial charge in [0.2, 0.25) is 0 Å². The molecular formula is C19H20FN3O2. The molecule has 0 fully saturated rings. The van der Waals surface area contributed by atoms with Crippen LogP contribution >= 0.6 is 0 Å². The molecule has 0 radical (unpaired) electrons. The molecule has 0 aliphatic rings. The van der Waals surface area contributed by atoms with Crippen molar-refractivity contribution < 1.29 is 14.2 Å². The Labute approximate surface area is 145 Å². The summed E-state index contributed by atoms with van der Waals surface area (Å²) in [7, 11) is 1.60. The van der Waals surface area contributed by atoms with E-state index < -0.39 is 6.10 Å². The van der Waals surface area contributed by atoms with Crippen LogP contribution in [0.3, 0.4) is 0 Å². The van der Waals surface area contributed by atoms with E-state index in [1.165, 1.54) is 12.1 Å². The van der Waals surface area contributed by atoms with Crippen LogP contribution in [0.15, 0.2) is 60.9 Å². The lowest BCUT2D eigenvalue weighted by atomic mass is 10.1. The zero-order valence-electron chi connectivity index (χ0n) is 13.9. The topological polar surface area (TPSA) is 59.3 Å². The van der Waals surface area contributed by atoms with E-state index in [0.717, 1.165) is 22.6 Å². The van der Waals surface area contributed by atoms with Crippen LogP contribution in [0.4, 0.5) is 4.39 Å². The van der Waals surface area contributed by atoms with Crippen LogP contribution in [0.25, 0.3) is 5.69 Å². The molecule has 25 heavy (non-hydrogen) atoms. The Morgan fingerprint density at radius 2 is 2.04 bits per heavy atom. The highest BCUT2D eigenvalue weighted by Gasteiger charge is 2.08. The van der Waals surface area contributed by atoms with Gasteiger partial charge in [0.25, 0.3) is 0 Å². The maximum Gasteiger partial charge on any atom is 0.123 e. The lowest BCUT2D eigenvalue weighted by molar-refractivity contribution is 0.174. The Bertz CT molecular complexity index is 818. The van der Waals surface area contributed by atoms with Crippen LogP contribution in [-0.2, 0) is 6.54 Å². The van der Waals surface area contributed by atoms with Crippen molar-refractivity contribution in [3.05, 3.63) is 77.9 Å². The SMILES string of the molecule is COc1cccc(C(O)CNCc2cnn(-c3ccc(F)cc3)c2)c1. The summed E-state index contributed by atoms with van der Waals surface area (Å²) in [5.41, 5.74) is 2.57. The van der Waals surface area contributed by atoms with Crippen molar-refractivity contribution in [3.8, 4) is 11.4 Å². The Morgan fingerprint density at radius 3 is 2.80 bits per heavy atom. The van der Waals surface area contributed by atoms with Crippen LogP contribution in [-0.4, -0.2) is 28.5 Å². The molecule has 3 aromatic rings. The van der Waals surface area contributed by atoms with Crippen molar-refractivity contribution in [2.24, 2.45) is 0 Å². The number of halogens is 1. The fourth-order valence-corrected chi connectivity index (χ4v) is 2.51. The molecule has 2 aromatic carbocycles. The first kappa shape index (κ1) is 17.1. The summed E-state index contributed by atoms with van der Waals surface area (Å²) in [6.45, 7) is 0.983. The summed E-state index contributed by atoms with van der Waals surface area (Å²) in [5, 5.41) is 17.7. The maximum atomic E-state index is 13.0. The molecule has 0 aliphatic carbocycles. The highest BCUT2D eigenvalue weighted by Crippen LogP contribution is 2.18. The van der Waals surface area contributed by atoms with Gasteiger partial charge in [0.15, 0.2) is 0 Å². The minimum Gasteiger partial charge on any atom is -0.497 e. The van der Waals surface area contributed by atoms with Crippen LogP contribution in [0.1, 0.15) is 17.2 Å². The van der Waals surface area contributed by atoms with Gasteiger partial charge in [-0.2, -0.15) is 5.10 Å². The predicted molar refractivity (Wildman–Crippen MR) is 93.2 cm³/mol. The highest BCUT2D eigenvalue weighted by molar-refractivity contribution is 5.32. The molecule has 2 N–H and O–H groups in total. The van der Waals surface area contributed by atoms with E-state index in [2.05, 4.69) is 10.4 Å². The van der Waals surface area contributed by atoms with Crippen LogP contribution in [0, 0.1) is 5.82 Å². The zero-order chi connectivity index (χ0) is 17.6. The van der Waals surface area contributed by atoms with Gasteiger partial charge in [-0.1, -0.05) is 12.1 Å². The summed E-state index contributed by atoms with van der Waals surface area (Å²) in [4.78, 5) is 0. The number of methoxy groups -OCH3 is 1. The Morgan fingerprint density at radius 1 is 1.24 bits per heavy atom. The van der Waals surface area contributed by atoms with Gasteiger partial charge < -0.3 is 15.2 Å². The first-order valence-corrected chi connectivity index (χ1v) is 7.98. The number of ether oxygens (including phenoxy) is 1. The molecule has 0 amide bonds. The second-order valence-corrected chi connectivity index (χ2v) is 5.69. The first-order valence-electron chi connectivity index (χ1n) is 7.98. The molecule has 1 aromatic heterocycles. The van der Waals surface area contributed by atoms with Gasteiger partial charge in [0.05, 0.1) is 25.1 Å². The smallest absolute Gasteiger partial charge is 0.123 e. The molecule has 0 spiro atoms. The molecule has 0 saturated carbocycles. The summed E-state index contributed by atoms with van der Waals surface area (Å²) in [5.74, 6) is 0.446. The average molecular weight is 341 g/mol. The Kier molecular flexibility index (Phi) is 5.42. The summed E-state index contributed by atoms with van der Waals surface area (Å²) >= 11 is 0. The number of nitrogens with zero attached hydrogens (tertiary/aromatic N) is 2. The number of aliphatic hydroxyl groups is 1. The summed E-state index contributed by atoms with van der Waals surface area (Å²) in [6.07, 6.45) is 2.99. The third-order valence-electron chi connectivity index (χ3n) is 3.87. The normalized spacial score (nSPS) is 12.1. The number of aliphatic hydroxyl groups excluding tert-OH is 1. The first-order chi connectivity index (χ1) is 12.2. The molecule has 6 heteroatoms. The fourth-order valence-electron chi connectivity index (χ4n) is 2.51. The van der Waals surface area contributed by atoms with Crippen molar-refractivity contribution in [1.82, 2.24) is 15.1 Å². The zero-order valence-corrected chi connectivity index (χ0v) is 13.9.